The first-order valence-electron chi connectivity index (χ1n) is 5.54. The molecule has 1 aromatic carbocycles. The smallest absolute Gasteiger partial charge is 0.335 e. The van der Waals surface area contributed by atoms with E-state index in [0.717, 1.165) is 16.6 Å². The van der Waals surface area contributed by atoms with E-state index in [4.69, 9.17) is 5.11 Å². The Morgan fingerprint density at radius 2 is 2.00 bits per heavy atom. The molecule has 0 spiro atoms. The molecule has 2 aromatic rings. The van der Waals surface area contributed by atoms with Crippen molar-refractivity contribution in [3.63, 3.8) is 0 Å². The quantitative estimate of drug-likeness (QED) is 0.822. The van der Waals surface area contributed by atoms with Crippen LogP contribution in [0.4, 0.5) is 0 Å². The standard InChI is InChI=1S/C13H16N2O2/c1-8-10-6-5-9(12(16)17)7-11(10)14-15(8)13(2,3)4/h5-7H,1-4H3,(H,16,17). The largest absolute Gasteiger partial charge is 0.478 e. The highest BCUT2D eigenvalue weighted by Crippen LogP contribution is 2.24. The molecular weight excluding hydrogens is 216 g/mol. The van der Waals surface area contributed by atoms with Crippen molar-refractivity contribution in [1.29, 1.82) is 0 Å². The van der Waals surface area contributed by atoms with Gasteiger partial charge in [0, 0.05) is 11.1 Å². The van der Waals surface area contributed by atoms with Crippen molar-refractivity contribution in [3.8, 4) is 0 Å². The number of fused-ring (bicyclic) bond motifs is 1. The summed E-state index contributed by atoms with van der Waals surface area (Å²) in [5.74, 6) is -0.921. The number of hydrogen-bond donors (Lipinski definition) is 1. The lowest BCUT2D eigenvalue weighted by molar-refractivity contribution is 0.0697. The second-order valence-corrected chi connectivity index (χ2v) is 5.21. The predicted molar refractivity (Wildman–Crippen MR) is 66.4 cm³/mol. The summed E-state index contributed by atoms with van der Waals surface area (Å²) >= 11 is 0. The van der Waals surface area contributed by atoms with Crippen molar-refractivity contribution in [1.82, 2.24) is 9.78 Å². The Balaban J connectivity index is 2.70. The number of aromatic carboxylic acids is 1. The summed E-state index contributed by atoms with van der Waals surface area (Å²) in [6.45, 7) is 8.22. The number of nitrogens with zero attached hydrogens (tertiary/aromatic N) is 2. The van der Waals surface area contributed by atoms with Crippen LogP contribution in [0.1, 0.15) is 36.8 Å². The topological polar surface area (TPSA) is 55.1 Å². The Morgan fingerprint density at radius 3 is 2.53 bits per heavy atom. The van der Waals surface area contributed by atoms with Crippen LogP contribution < -0.4 is 0 Å². The minimum atomic E-state index is -0.921. The molecule has 4 nitrogen and oxygen atoms in total. The van der Waals surface area contributed by atoms with Gasteiger partial charge in [0.15, 0.2) is 0 Å². The van der Waals surface area contributed by atoms with Gasteiger partial charge in [-0.3, -0.25) is 4.68 Å². The molecular formula is C13H16N2O2. The molecule has 0 aliphatic heterocycles. The Hall–Kier alpha value is -1.84. The van der Waals surface area contributed by atoms with E-state index in [1.165, 1.54) is 0 Å². The molecule has 0 saturated carbocycles. The molecule has 1 aromatic heterocycles. The third-order valence-electron chi connectivity index (χ3n) is 2.80. The summed E-state index contributed by atoms with van der Waals surface area (Å²) in [6, 6.07) is 5.06. The molecule has 0 bridgehead atoms. The highest BCUT2D eigenvalue weighted by molar-refractivity contribution is 5.93. The molecule has 90 valence electrons. The van der Waals surface area contributed by atoms with Gasteiger partial charge in [-0.25, -0.2) is 4.79 Å². The minimum Gasteiger partial charge on any atom is -0.478 e. The fourth-order valence-electron chi connectivity index (χ4n) is 2.00. The second kappa shape index (κ2) is 3.58. The Labute approximate surface area is 99.9 Å². The van der Waals surface area contributed by atoms with Gasteiger partial charge in [0.05, 0.1) is 16.6 Å². The molecule has 1 N–H and O–H groups in total. The number of aryl methyl sites for hydroxylation is 1. The van der Waals surface area contributed by atoms with Gasteiger partial charge < -0.3 is 5.11 Å². The Bertz CT molecular complexity index is 591. The summed E-state index contributed by atoms with van der Waals surface area (Å²) in [4.78, 5) is 10.9. The van der Waals surface area contributed by atoms with E-state index in [1.54, 1.807) is 12.1 Å². The number of hydrogen-bond acceptors (Lipinski definition) is 2. The third kappa shape index (κ3) is 1.90. The van der Waals surface area contributed by atoms with E-state index in [-0.39, 0.29) is 11.1 Å². The van der Waals surface area contributed by atoms with Crippen LogP contribution in [0, 0.1) is 6.92 Å². The predicted octanol–water partition coefficient (Wildman–Crippen LogP) is 2.80. The van der Waals surface area contributed by atoms with Crippen LogP contribution in [-0.2, 0) is 5.54 Å². The average Bonchev–Trinajstić information content (AvgIpc) is 2.55. The van der Waals surface area contributed by atoms with Gasteiger partial charge >= 0.3 is 5.97 Å². The van der Waals surface area contributed by atoms with Gasteiger partial charge in [0.2, 0.25) is 0 Å². The molecule has 0 saturated heterocycles. The van der Waals surface area contributed by atoms with Crippen LogP contribution in [0.3, 0.4) is 0 Å². The lowest BCUT2D eigenvalue weighted by Crippen LogP contribution is -2.24. The minimum absolute atomic E-state index is 0.105. The normalized spacial score (nSPS) is 12.0. The van der Waals surface area contributed by atoms with Crippen molar-refractivity contribution in [2.45, 2.75) is 33.2 Å². The second-order valence-electron chi connectivity index (χ2n) is 5.21. The number of carboxylic acid groups (broad SMARTS) is 1. The molecule has 0 atom stereocenters. The van der Waals surface area contributed by atoms with Crippen molar-refractivity contribution in [3.05, 3.63) is 29.5 Å². The lowest BCUT2D eigenvalue weighted by Gasteiger charge is -2.21. The van der Waals surface area contributed by atoms with Crippen LogP contribution >= 0.6 is 0 Å². The maximum Gasteiger partial charge on any atom is 0.335 e. The number of carbonyl (C=O) groups is 1. The van der Waals surface area contributed by atoms with Crippen LogP contribution in [0.15, 0.2) is 18.2 Å². The first-order valence-corrected chi connectivity index (χ1v) is 5.54. The Morgan fingerprint density at radius 1 is 1.35 bits per heavy atom. The van der Waals surface area contributed by atoms with Crippen molar-refractivity contribution >= 4 is 16.9 Å². The van der Waals surface area contributed by atoms with Crippen LogP contribution in [0.25, 0.3) is 10.9 Å². The van der Waals surface area contributed by atoms with E-state index in [9.17, 15) is 4.79 Å². The molecule has 1 heterocycles. The summed E-state index contributed by atoms with van der Waals surface area (Å²) in [6.07, 6.45) is 0. The fourth-order valence-corrected chi connectivity index (χ4v) is 2.00. The van der Waals surface area contributed by atoms with Gasteiger partial charge in [-0.15, -0.1) is 0 Å². The Kier molecular flexibility index (Phi) is 2.45. The van der Waals surface area contributed by atoms with Crippen molar-refractivity contribution in [2.75, 3.05) is 0 Å². The first-order chi connectivity index (χ1) is 7.80. The summed E-state index contributed by atoms with van der Waals surface area (Å²) < 4.78 is 1.93. The molecule has 2 rings (SSSR count). The molecule has 0 amide bonds. The molecule has 0 fully saturated rings. The monoisotopic (exact) mass is 232 g/mol. The van der Waals surface area contributed by atoms with Crippen LogP contribution in [0.5, 0.6) is 0 Å². The highest BCUT2D eigenvalue weighted by Gasteiger charge is 2.19. The van der Waals surface area contributed by atoms with Crippen molar-refractivity contribution < 1.29 is 9.90 Å². The zero-order valence-corrected chi connectivity index (χ0v) is 10.5. The van der Waals surface area contributed by atoms with Gasteiger partial charge in [-0.2, -0.15) is 5.10 Å². The van der Waals surface area contributed by atoms with E-state index in [2.05, 4.69) is 25.9 Å². The maximum atomic E-state index is 10.9. The molecule has 0 aliphatic rings. The lowest BCUT2D eigenvalue weighted by atomic mass is 10.1. The molecule has 17 heavy (non-hydrogen) atoms. The highest BCUT2D eigenvalue weighted by atomic mass is 16.4. The summed E-state index contributed by atoms with van der Waals surface area (Å²) in [5, 5.41) is 14.4. The number of aromatic nitrogens is 2. The van der Waals surface area contributed by atoms with E-state index >= 15 is 0 Å². The molecule has 0 radical (unpaired) electrons. The van der Waals surface area contributed by atoms with E-state index < -0.39 is 5.97 Å². The summed E-state index contributed by atoms with van der Waals surface area (Å²) in [7, 11) is 0. The van der Waals surface area contributed by atoms with Crippen molar-refractivity contribution in [2.24, 2.45) is 0 Å². The molecule has 0 aliphatic carbocycles. The summed E-state index contributed by atoms with van der Waals surface area (Å²) in [5.41, 5.74) is 1.96. The van der Waals surface area contributed by atoms with Gasteiger partial charge in [0.1, 0.15) is 0 Å². The average molecular weight is 232 g/mol. The van der Waals surface area contributed by atoms with Gasteiger partial charge in [-0.05, 0) is 39.8 Å². The van der Waals surface area contributed by atoms with E-state index in [1.807, 2.05) is 17.7 Å². The number of carboxylic acids is 1. The van der Waals surface area contributed by atoms with Crippen LogP contribution in [0.2, 0.25) is 0 Å². The van der Waals surface area contributed by atoms with Gasteiger partial charge in [-0.1, -0.05) is 6.07 Å². The third-order valence-corrected chi connectivity index (χ3v) is 2.80. The number of benzene rings is 1. The van der Waals surface area contributed by atoms with Crippen LogP contribution in [-0.4, -0.2) is 20.9 Å². The van der Waals surface area contributed by atoms with E-state index in [0.29, 0.717) is 0 Å². The molecule has 4 heteroatoms. The first kappa shape index (κ1) is 11.6. The fraction of sp³-hybridized carbons (Fsp3) is 0.385. The SMILES string of the molecule is Cc1c2ccc(C(=O)O)cc2nn1C(C)(C)C. The maximum absolute atomic E-state index is 10.9. The van der Waals surface area contributed by atoms with Gasteiger partial charge in [0.25, 0.3) is 0 Å². The zero-order chi connectivity index (χ0) is 12.8. The number of rotatable bonds is 1. The zero-order valence-electron chi connectivity index (χ0n) is 10.5. The molecule has 0 unspecified atom stereocenters.